The number of rotatable bonds is 6. The summed E-state index contributed by atoms with van der Waals surface area (Å²) in [6.45, 7) is 4.70. The summed E-state index contributed by atoms with van der Waals surface area (Å²) in [5.74, 6) is -0.354. The lowest BCUT2D eigenvalue weighted by molar-refractivity contribution is -0.121. The van der Waals surface area contributed by atoms with Crippen LogP contribution >= 0.6 is 0 Å². The highest BCUT2D eigenvalue weighted by molar-refractivity contribution is 6.45. The lowest BCUT2D eigenvalue weighted by atomic mass is 10.00. The number of benzene rings is 1. The second kappa shape index (κ2) is 8.76. The summed E-state index contributed by atoms with van der Waals surface area (Å²) >= 11 is 0. The average molecular weight is 346 g/mol. The minimum Gasteiger partial charge on any atom is -0.402 e. The molecule has 2 rings (SSSR count). The van der Waals surface area contributed by atoms with Crippen LogP contribution in [0, 0.1) is 5.82 Å². The maximum Gasteiger partial charge on any atom is 0.271 e. The van der Waals surface area contributed by atoms with Crippen LogP contribution in [-0.4, -0.2) is 55.1 Å². The van der Waals surface area contributed by atoms with Crippen molar-refractivity contribution in [1.29, 1.82) is 0 Å². The third-order valence-electron chi connectivity index (χ3n) is 4.17. The summed E-state index contributed by atoms with van der Waals surface area (Å²) < 4.78 is 13.1. The molecule has 0 atom stereocenters. The third-order valence-corrected chi connectivity index (χ3v) is 4.17. The van der Waals surface area contributed by atoms with Gasteiger partial charge in [0, 0.05) is 58.0 Å². The van der Waals surface area contributed by atoms with Crippen molar-refractivity contribution in [1.82, 2.24) is 9.80 Å². The first-order valence-electron chi connectivity index (χ1n) is 8.63. The molecule has 1 aromatic rings. The summed E-state index contributed by atoms with van der Waals surface area (Å²) in [5.41, 5.74) is 9.27. The molecule has 1 aliphatic rings. The molecule has 6 heteroatoms. The molecule has 1 aliphatic heterocycles. The minimum atomic E-state index is -0.238. The van der Waals surface area contributed by atoms with E-state index in [9.17, 15) is 9.18 Å². The first kappa shape index (κ1) is 19.1. The summed E-state index contributed by atoms with van der Waals surface area (Å²) in [7, 11) is 3.44. The SMILES string of the molecule is CCCN=C(C(=O)N(C)C)C1=C(N)CCN(Cc2ccc(F)cc2)C1. The van der Waals surface area contributed by atoms with Crippen molar-refractivity contribution in [3.05, 3.63) is 46.9 Å². The Bertz CT molecular complexity index is 665. The van der Waals surface area contributed by atoms with E-state index in [0.717, 1.165) is 29.8 Å². The van der Waals surface area contributed by atoms with Gasteiger partial charge in [0.15, 0.2) is 0 Å². The number of carbonyl (C=O) groups is 1. The number of nitrogens with zero attached hydrogens (tertiary/aromatic N) is 3. The molecule has 0 bridgehead atoms. The van der Waals surface area contributed by atoms with Crippen molar-refractivity contribution in [3.8, 4) is 0 Å². The van der Waals surface area contributed by atoms with Crippen LogP contribution in [0.4, 0.5) is 4.39 Å². The van der Waals surface area contributed by atoms with Gasteiger partial charge in [-0.05, 0) is 24.1 Å². The normalized spacial score (nSPS) is 16.2. The van der Waals surface area contributed by atoms with Crippen LogP contribution in [-0.2, 0) is 11.3 Å². The van der Waals surface area contributed by atoms with Crippen LogP contribution in [0.1, 0.15) is 25.3 Å². The topological polar surface area (TPSA) is 61.9 Å². The zero-order valence-electron chi connectivity index (χ0n) is 15.3. The van der Waals surface area contributed by atoms with Gasteiger partial charge in [-0.2, -0.15) is 0 Å². The fraction of sp³-hybridized carbons (Fsp3) is 0.474. The predicted octanol–water partition coefficient (Wildman–Crippen LogP) is 2.18. The molecule has 0 saturated carbocycles. The highest BCUT2D eigenvalue weighted by Gasteiger charge is 2.26. The number of aliphatic imine (C=N–C) groups is 1. The molecule has 0 radical (unpaired) electrons. The zero-order valence-corrected chi connectivity index (χ0v) is 15.3. The van der Waals surface area contributed by atoms with Gasteiger partial charge in [0.1, 0.15) is 11.5 Å². The van der Waals surface area contributed by atoms with E-state index in [1.165, 1.54) is 17.0 Å². The average Bonchev–Trinajstić information content (AvgIpc) is 2.59. The van der Waals surface area contributed by atoms with Gasteiger partial charge in [-0.15, -0.1) is 0 Å². The van der Waals surface area contributed by atoms with E-state index in [2.05, 4.69) is 9.89 Å². The molecule has 0 fully saturated rings. The van der Waals surface area contributed by atoms with Gasteiger partial charge in [-0.3, -0.25) is 14.7 Å². The van der Waals surface area contributed by atoms with Crippen molar-refractivity contribution >= 4 is 11.6 Å². The first-order chi connectivity index (χ1) is 11.9. The number of nitrogens with two attached hydrogens (primary N) is 1. The summed E-state index contributed by atoms with van der Waals surface area (Å²) in [4.78, 5) is 20.8. The largest absolute Gasteiger partial charge is 0.402 e. The molecule has 25 heavy (non-hydrogen) atoms. The Labute approximate surface area is 149 Å². The summed E-state index contributed by atoms with van der Waals surface area (Å²) in [6, 6.07) is 6.50. The second-order valence-corrected chi connectivity index (χ2v) is 6.52. The maximum atomic E-state index is 13.1. The number of halogens is 1. The van der Waals surface area contributed by atoms with E-state index in [1.54, 1.807) is 26.2 Å². The summed E-state index contributed by atoms with van der Waals surface area (Å²) in [5, 5.41) is 0. The predicted molar refractivity (Wildman–Crippen MR) is 98.8 cm³/mol. The molecular formula is C19H27FN4O. The lowest BCUT2D eigenvalue weighted by Gasteiger charge is -2.30. The maximum absolute atomic E-state index is 13.1. The highest BCUT2D eigenvalue weighted by atomic mass is 19.1. The van der Waals surface area contributed by atoms with Crippen molar-refractivity contribution in [3.63, 3.8) is 0 Å². The van der Waals surface area contributed by atoms with E-state index in [1.807, 2.05) is 6.92 Å². The molecule has 5 nitrogen and oxygen atoms in total. The molecule has 2 N–H and O–H groups in total. The number of hydrogen-bond donors (Lipinski definition) is 1. The van der Waals surface area contributed by atoms with Gasteiger partial charge in [0.25, 0.3) is 5.91 Å². The number of hydrogen-bond acceptors (Lipinski definition) is 4. The van der Waals surface area contributed by atoms with E-state index >= 15 is 0 Å². The fourth-order valence-electron chi connectivity index (χ4n) is 2.77. The summed E-state index contributed by atoms with van der Waals surface area (Å²) in [6.07, 6.45) is 1.57. The number of amides is 1. The van der Waals surface area contributed by atoms with Gasteiger partial charge in [-0.25, -0.2) is 4.39 Å². The molecular weight excluding hydrogens is 319 g/mol. The molecule has 0 aliphatic carbocycles. The Morgan fingerprint density at radius 1 is 1.32 bits per heavy atom. The molecule has 0 unspecified atom stereocenters. The van der Waals surface area contributed by atoms with Crippen molar-refractivity contribution < 1.29 is 9.18 Å². The lowest BCUT2D eigenvalue weighted by Crippen LogP contribution is -2.40. The smallest absolute Gasteiger partial charge is 0.271 e. The molecule has 136 valence electrons. The van der Waals surface area contributed by atoms with Gasteiger partial charge in [0.2, 0.25) is 0 Å². The van der Waals surface area contributed by atoms with Crippen LogP contribution < -0.4 is 5.73 Å². The monoisotopic (exact) mass is 346 g/mol. The first-order valence-corrected chi connectivity index (χ1v) is 8.63. The third kappa shape index (κ3) is 5.13. The van der Waals surface area contributed by atoms with Crippen molar-refractivity contribution in [2.75, 3.05) is 33.7 Å². The quantitative estimate of drug-likeness (QED) is 0.803. The van der Waals surface area contributed by atoms with E-state index in [-0.39, 0.29) is 11.7 Å². The van der Waals surface area contributed by atoms with Gasteiger partial charge < -0.3 is 10.6 Å². The Hall–Kier alpha value is -2.21. The van der Waals surface area contributed by atoms with Crippen LogP contribution in [0.5, 0.6) is 0 Å². The Balaban J connectivity index is 2.19. The highest BCUT2D eigenvalue weighted by Crippen LogP contribution is 2.19. The molecule has 0 aromatic heterocycles. The second-order valence-electron chi connectivity index (χ2n) is 6.52. The van der Waals surface area contributed by atoms with E-state index in [0.29, 0.717) is 31.8 Å². The Morgan fingerprint density at radius 3 is 2.60 bits per heavy atom. The molecule has 1 aromatic carbocycles. The van der Waals surface area contributed by atoms with Gasteiger partial charge in [0.05, 0.1) is 0 Å². The minimum absolute atomic E-state index is 0.116. The van der Waals surface area contributed by atoms with Crippen LogP contribution in [0.3, 0.4) is 0 Å². The number of carbonyl (C=O) groups excluding carboxylic acids is 1. The van der Waals surface area contributed by atoms with E-state index in [4.69, 9.17) is 5.73 Å². The molecule has 0 spiro atoms. The van der Waals surface area contributed by atoms with Crippen LogP contribution in [0.25, 0.3) is 0 Å². The molecule has 0 saturated heterocycles. The molecule has 1 amide bonds. The van der Waals surface area contributed by atoms with Gasteiger partial charge >= 0.3 is 0 Å². The van der Waals surface area contributed by atoms with Gasteiger partial charge in [-0.1, -0.05) is 19.1 Å². The standard InChI is InChI=1S/C19H27FN4O/c1-4-10-22-18(19(25)23(2)3)16-13-24(11-9-17(16)21)12-14-5-7-15(20)8-6-14/h5-8H,4,9-13,21H2,1-3H3. The molecule has 1 heterocycles. The zero-order chi connectivity index (χ0) is 18.4. The Kier molecular flexibility index (Phi) is 6.70. The van der Waals surface area contributed by atoms with Crippen molar-refractivity contribution in [2.45, 2.75) is 26.3 Å². The Morgan fingerprint density at radius 2 is 2.00 bits per heavy atom. The van der Waals surface area contributed by atoms with E-state index < -0.39 is 0 Å². The van der Waals surface area contributed by atoms with Crippen molar-refractivity contribution in [2.24, 2.45) is 10.7 Å². The van der Waals surface area contributed by atoms with Crippen LogP contribution in [0.15, 0.2) is 40.5 Å². The van der Waals surface area contributed by atoms with Crippen LogP contribution in [0.2, 0.25) is 0 Å². The fourth-order valence-corrected chi connectivity index (χ4v) is 2.77.